The average molecular weight is 240 g/mol. The largest absolute Gasteiger partial charge is 0.227 e. The SMILES string of the molecule is CCC(CC(C)C)c1ccc([SH](=O)=O)cc1. The van der Waals surface area contributed by atoms with E-state index >= 15 is 0 Å². The Hall–Kier alpha value is -0.830. The van der Waals surface area contributed by atoms with Gasteiger partial charge in [0, 0.05) is 0 Å². The van der Waals surface area contributed by atoms with Gasteiger partial charge in [-0.2, -0.15) is 0 Å². The average Bonchev–Trinajstić information content (AvgIpc) is 2.25. The molecule has 0 aliphatic heterocycles. The zero-order chi connectivity index (χ0) is 12.1. The van der Waals surface area contributed by atoms with Crippen LogP contribution in [0.4, 0.5) is 0 Å². The van der Waals surface area contributed by atoms with Crippen LogP contribution < -0.4 is 0 Å². The van der Waals surface area contributed by atoms with Crippen molar-refractivity contribution in [2.75, 3.05) is 0 Å². The maximum Gasteiger partial charge on any atom is 0.168 e. The molecule has 0 heterocycles. The number of rotatable bonds is 5. The highest BCUT2D eigenvalue weighted by Gasteiger charge is 2.11. The molecule has 16 heavy (non-hydrogen) atoms. The molecular formula is C13H20O2S. The summed E-state index contributed by atoms with van der Waals surface area (Å²) in [5, 5.41) is 0. The lowest BCUT2D eigenvalue weighted by atomic mass is 9.88. The van der Waals surface area contributed by atoms with Gasteiger partial charge in [-0.15, -0.1) is 0 Å². The summed E-state index contributed by atoms with van der Waals surface area (Å²) in [5.41, 5.74) is 1.25. The van der Waals surface area contributed by atoms with Gasteiger partial charge in [0.25, 0.3) is 0 Å². The summed E-state index contributed by atoms with van der Waals surface area (Å²) >= 11 is 0. The lowest BCUT2D eigenvalue weighted by molar-refractivity contribution is 0.489. The van der Waals surface area contributed by atoms with Gasteiger partial charge >= 0.3 is 0 Å². The summed E-state index contributed by atoms with van der Waals surface area (Å²) in [6.07, 6.45) is 2.25. The van der Waals surface area contributed by atoms with Crippen LogP contribution in [0.2, 0.25) is 0 Å². The van der Waals surface area contributed by atoms with E-state index < -0.39 is 10.7 Å². The summed E-state index contributed by atoms with van der Waals surface area (Å²) in [6, 6.07) is 7.28. The molecule has 3 heteroatoms. The summed E-state index contributed by atoms with van der Waals surface area (Å²) in [4.78, 5) is 0.401. The van der Waals surface area contributed by atoms with Crippen LogP contribution >= 0.6 is 0 Å². The van der Waals surface area contributed by atoms with Crippen LogP contribution in [0.5, 0.6) is 0 Å². The maximum absolute atomic E-state index is 10.8. The summed E-state index contributed by atoms with van der Waals surface area (Å²) < 4.78 is 21.5. The molecule has 90 valence electrons. The number of benzene rings is 1. The van der Waals surface area contributed by atoms with Crippen molar-refractivity contribution >= 4 is 10.7 Å². The Labute approximate surface area is 99.6 Å². The van der Waals surface area contributed by atoms with E-state index in [-0.39, 0.29) is 0 Å². The molecule has 1 atom stereocenters. The minimum Gasteiger partial charge on any atom is -0.227 e. The lowest BCUT2D eigenvalue weighted by Crippen LogP contribution is -2.02. The molecule has 0 aliphatic rings. The van der Waals surface area contributed by atoms with E-state index in [4.69, 9.17) is 0 Å². The first-order valence-corrected chi connectivity index (χ1v) is 6.96. The second-order valence-electron chi connectivity index (χ2n) is 4.58. The van der Waals surface area contributed by atoms with Crippen molar-refractivity contribution in [1.82, 2.24) is 0 Å². The zero-order valence-corrected chi connectivity index (χ0v) is 11.0. The van der Waals surface area contributed by atoms with Crippen LogP contribution in [-0.2, 0) is 10.7 Å². The highest BCUT2D eigenvalue weighted by atomic mass is 32.2. The molecule has 0 N–H and O–H groups in total. The van der Waals surface area contributed by atoms with Gasteiger partial charge in [-0.3, -0.25) is 0 Å². The van der Waals surface area contributed by atoms with E-state index in [0.29, 0.717) is 16.7 Å². The number of hydrogen-bond acceptors (Lipinski definition) is 2. The van der Waals surface area contributed by atoms with Gasteiger partial charge in [-0.25, -0.2) is 8.42 Å². The monoisotopic (exact) mass is 240 g/mol. The summed E-state index contributed by atoms with van der Waals surface area (Å²) in [6.45, 7) is 6.60. The molecule has 0 radical (unpaired) electrons. The van der Waals surface area contributed by atoms with E-state index in [1.54, 1.807) is 12.1 Å². The fraction of sp³-hybridized carbons (Fsp3) is 0.538. The molecule has 1 unspecified atom stereocenters. The normalized spacial score (nSPS) is 13.3. The van der Waals surface area contributed by atoms with E-state index in [1.807, 2.05) is 12.1 Å². The van der Waals surface area contributed by atoms with Crippen LogP contribution in [0.15, 0.2) is 29.2 Å². The third kappa shape index (κ3) is 3.63. The molecule has 2 nitrogen and oxygen atoms in total. The molecule has 1 aromatic rings. The van der Waals surface area contributed by atoms with Crippen molar-refractivity contribution in [2.45, 2.75) is 44.4 Å². The van der Waals surface area contributed by atoms with Crippen molar-refractivity contribution in [1.29, 1.82) is 0 Å². The van der Waals surface area contributed by atoms with Gasteiger partial charge in [-0.05, 0) is 42.4 Å². The quantitative estimate of drug-likeness (QED) is 0.802. The first-order chi connectivity index (χ1) is 7.54. The molecule has 0 spiro atoms. The van der Waals surface area contributed by atoms with Gasteiger partial charge < -0.3 is 0 Å². The van der Waals surface area contributed by atoms with Crippen molar-refractivity contribution in [3.05, 3.63) is 29.8 Å². The van der Waals surface area contributed by atoms with Gasteiger partial charge in [0.15, 0.2) is 10.7 Å². The Balaban J connectivity index is 2.86. The van der Waals surface area contributed by atoms with Gasteiger partial charge in [0.2, 0.25) is 0 Å². The molecule has 0 saturated heterocycles. The smallest absolute Gasteiger partial charge is 0.168 e. The molecule has 0 amide bonds. The molecular weight excluding hydrogens is 220 g/mol. The Morgan fingerprint density at radius 2 is 1.69 bits per heavy atom. The first kappa shape index (κ1) is 13.2. The minimum absolute atomic E-state index is 0.401. The Bertz CT molecular complexity index is 383. The van der Waals surface area contributed by atoms with Gasteiger partial charge in [0.1, 0.15) is 0 Å². The van der Waals surface area contributed by atoms with Crippen molar-refractivity contribution in [3.63, 3.8) is 0 Å². The topological polar surface area (TPSA) is 34.1 Å². The fourth-order valence-corrected chi connectivity index (χ4v) is 2.37. The highest BCUT2D eigenvalue weighted by Crippen LogP contribution is 2.27. The van der Waals surface area contributed by atoms with Crippen LogP contribution in [-0.4, -0.2) is 8.42 Å². The molecule has 1 rings (SSSR count). The molecule has 1 aromatic carbocycles. The second-order valence-corrected chi connectivity index (χ2v) is 5.61. The predicted molar refractivity (Wildman–Crippen MR) is 67.5 cm³/mol. The van der Waals surface area contributed by atoms with Crippen molar-refractivity contribution in [3.8, 4) is 0 Å². The predicted octanol–water partition coefficient (Wildman–Crippen LogP) is 3.20. The molecule has 0 aromatic heterocycles. The fourth-order valence-electron chi connectivity index (χ4n) is 1.98. The van der Waals surface area contributed by atoms with Gasteiger partial charge in [-0.1, -0.05) is 32.9 Å². The second kappa shape index (κ2) is 6.04. The highest BCUT2D eigenvalue weighted by molar-refractivity contribution is 7.72. The number of hydrogen-bond donors (Lipinski definition) is 1. The van der Waals surface area contributed by atoms with Gasteiger partial charge in [0.05, 0.1) is 4.90 Å². The van der Waals surface area contributed by atoms with Crippen LogP contribution in [0.3, 0.4) is 0 Å². The Morgan fingerprint density at radius 3 is 2.06 bits per heavy atom. The lowest BCUT2D eigenvalue weighted by Gasteiger charge is -2.17. The van der Waals surface area contributed by atoms with E-state index in [0.717, 1.165) is 12.8 Å². The minimum atomic E-state index is -2.45. The molecule has 0 fully saturated rings. The zero-order valence-electron chi connectivity index (χ0n) is 10.1. The summed E-state index contributed by atoms with van der Waals surface area (Å²) in [5.74, 6) is 1.21. The van der Waals surface area contributed by atoms with Crippen LogP contribution in [0.1, 0.15) is 45.1 Å². The number of thiol groups is 1. The summed E-state index contributed by atoms with van der Waals surface area (Å²) in [7, 11) is -2.45. The first-order valence-electron chi connectivity index (χ1n) is 5.79. The van der Waals surface area contributed by atoms with E-state index in [9.17, 15) is 8.42 Å². The Morgan fingerprint density at radius 1 is 1.12 bits per heavy atom. The Kier molecular flexibility index (Phi) is 5.00. The maximum atomic E-state index is 10.8. The molecule has 0 saturated carbocycles. The van der Waals surface area contributed by atoms with E-state index in [2.05, 4.69) is 20.8 Å². The van der Waals surface area contributed by atoms with E-state index in [1.165, 1.54) is 5.56 Å². The van der Waals surface area contributed by atoms with Crippen molar-refractivity contribution < 1.29 is 8.42 Å². The van der Waals surface area contributed by atoms with Crippen molar-refractivity contribution in [2.24, 2.45) is 5.92 Å². The standard InChI is InChI=1S/C13H20O2S/c1-4-11(9-10(2)3)12-5-7-13(8-6-12)16(14)15/h5-8,10-11,16H,4,9H2,1-3H3. The third-order valence-corrected chi connectivity index (χ3v) is 3.54. The van der Waals surface area contributed by atoms with Crippen LogP contribution in [0, 0.1) is 5.92 Å². The van der Waals surface area contributed by atoms with Crippen LogP contribution in [0.25, 0.3) is 0 Å². The third-order valence-electron chi connectivity index (χ3n) is 2.82. The molecule has 0 bridgehead atoms. The molecule has 0 aliphatic carbocycles.